The molecule has 0 amide bonds. The van der Waals surface area contributed by atoms with E-state index in [2.05, 4.69) is 23.9 Å². The summed E-state index contributed by atoms with van der Waals surface area (Å²) in [5.41, 5.74) is 2.23. The summed E-state index contributed by atoms with van der Waals surface area (Å²) in [6.07, 6.45) is 4.25. The molecule has 6 nitrogen and oxygen atoms in total. The Balaban J connectivity index is 1.95. The number of hydrogen-bond acceptors (Lipinski definition) is 4. The van der Waals surface area contributed by atoms with E-state index in [-0.39, 0.29) is 18.8 Å². The van der Waals surface area contributed by atoms with E-state index in [0.29, 0.717) is 18.6 Å². The molecule has 0 aliphatic heterocycles. The normalized spacial score (nSPS) is 11.2. The van der Waals surface area contributed by atoms with Crippen molar-refractivity contribution in [3.05, 3.63) is 30.0 Å². The predicted molar refractivity (Wildman–Crippen MR) is 96.9 cm³/mol. The van der Waals surface area contributed by atoms with Crippen LogP contribution in [0.2, 0.25) is 0 Å². The minimum Gasteiger partial charge on any atom is -0.481 e. The number of H-pyrrole nitrogens is 1. The number of nitrogens with zero attached hydrogens (tertiary/aromatic N) is 1. The van der Waals surface area contributed by atoms with Gasteiger partial charge >= 0.3 is 11.9 Å². The highest BCUT2D eigenvalue weighted by Gasteiger charge is 2.09. The van der Waals surface area contributed by atoms with Crippen LogP contribution >= 0.6 is 0 Å². The fourth-order valence-corrected chi connectivity index (χ4v) is 2.63. The van der Waals surface area contributed by atoms with E-state index in [9.17, 15) is 9.59 Å². The number of carboxylic acids is 1. The monoisotopic (exact) mass is 346 g/mol. The van der Waals surface area contributed by atoms with E-state index >= 15 is 0 Å². The summed E-state index contributed by atoms with van der Waals surface area (Å²) < 4.78 is 5.39. The molecule has 0 aliphatic rings. The molecule has 136 valence electrons. The van der Waals surface area contributed by atoms with Crippen molar-refractivity contribution in [1.29, 1.82) is 0 Å². The first-order valence-corrected chi connectivity index (χ1v) is 8.70. The number of hydrogen-bond donors (Lipinski definition) is 2. The molecule has 1 aromatic heterocycles. The van der Waals surface area contributed by atoms with E-state index in [1.165, 1.54) is 5.56 Å². The second-order valence-corrected chi connectivity index (χ2v) is 6.24. The zero-order chi connectivity index (χ0) is 18.2. The molecule has 0 saturated heterocycles. The maximum atomic E-state index is 11.9. The molecule has 1 aromatic carbocycles. The van der Waals surface area contributed by atoms with Crippen molar-refractivity contribution in [1.82, 2.24) is 9.88 Å². The lowest BCUT2D eigenvalue weighted by Crippen LogP contribution is -2.20. The number of ether oxygens (including phenoxy) is 1. The third kappa shape index (κ3) is 5.90. The molecule has 0 fully saturated rings. The van der Waals surface area contributed by atoms with Gasteiger partial charge in [-0.2, -0.15) is 0 Å². The number of nitrogens with one attached hydrogen (secondary N) is 1. The van der Waals surface area contributed by atoms with Crippen LogP contribution in [-0.2, 0) is 16.0 Å². The number of rotatable bonds is 10. The molecule has 1 heterocycles. The lowest BCUT2D eigenvalue weighted by atomic mass is 10.1. The first-order valence-electron chi connectivity index (χ1n) is 8.70. The maximum Gasteiger partial charge on any atom is 0.311 e. The number of aromatic amines is 1. The topological polar surface area (TPSA) is 82.6 Å². The first kappa shape index (κ1) is 19.0. The third-order valence-electron chi connectivity index (χ3n) is 4.29. The van der Waals surface area contributed by atoms with Gasteiger partial charge in [-0.05, 0) is 56.6 Å². The number of aromatic nitrogens is 1. The molecule has 0 aliphatic carbocycles. The standard InChI is InChI=1S/C19H26N2O4/c1-3-21(2)11-10-14-13-20-17-9-8-15(12-16(14)17)25-19(24)7-5-4-6-18(22)23/h8-9,12-13,20H,3-7,10-11H2,1-2H3,(H,22,23). The summed E-state index contributed by atoms with van der Waals surface area (Å²) in [5.74, 6) is -0.638. The fourth-order valence-electron chi connectivity index (χ4n) is 2.63. The van der Waals surface area contributed by atoms with Gasteiger partial charge in [-0.1, -0.05) is 6.92 Å². The van der Waals surface area contributed by atoms with Crippen molar-refractivity contribution in [2.24, 2.45) is 0 Å². The number of carbonyl (C=O) groups is 2. The molecule has 2 rings (SSSR count). The SMILES string of the molecule is CCN(C)CCc1c[nH]c2ccc(OC(=O)CCCCC(=O)O)cc12. The van der Waals surface area contributed by atoms with Gasteiger partial charge in [0.1, 0.15) is 5.75 Å². The van der Waals surface area contributed by atoms with Gasteiger partial charge in [0, 0.05) is 36.5 Å². The average Bonchev–Trinajstić information content (AvgIpc) is 2.98. The molecule has 0 atom stereocenters. The number of unbranched alkanes of at least 4 members (excludes halogenated alkanes) is 1. The zero-order valence-corrected chi connectivity index (χ0v) is 14.9. The number of benzene rings is 1. The van der Waals surface area contributed by atoms with Crippen LogP contribution in [-0.4, -0.2) is 47.1 Å². The Hall–Kier alpha value is -2.34. The minimum atomic E-state index is -0.840. The van der Waals surface area contributed by atoms with Crippen molar-refractivity contribution >= 4 is 22.8 Å². The van der Waals surface area contributed by atoms with Crippen molar-refractivity contribution < 1.29 is 19.4 Å². The molecule has 2 N–H and O–H groups in total. The van der Waals surface area contributed by atoms with E-state index in [1.54, 1.807) is 6.07 Å². The number of fused-ring (bicyclic) bond motifs is 1. The van der Waals surface area contributed by atoms with Crippen molar-refractivity contribution in [3.8, 4) is 5.75 Å². The van der Waals surface area contributed by atoms with Gasteiger partial charge in [0.15, 0.2) is 0 Å². The van der Waals surface area contributed by atoms with Gasteiger partial charge in [0.05, 0.1) is 0 Å². The van der Waals surface area contributed by atoms with Crippen LogP contribution < -0.4 is 4.74 Å². The van der Waals surface area contributed by atoms with Crippen molar-refractivity contribution in [2.75, 3.05) is 20.1 Å². The number of carboxylic acid groups (broad SMARTS) is 1. The first-order chi connectivity index (χ1) is 12.0. The average molecular weight is 346 g/mol. The van der Waals surface area contributed by atoms with Gasteiger partial charge in [-0.3, -0.25) is 9.59 Å². The maximum absolute atomic E-state index is 11.9. The number of carbonyl (C=O) groups excluding carboxylic acids is 1. The van der Waals surface area contributed by atoms with Crippen molar-refractivity contribution in [3.63, 3.8) is 0 Å². The Labute approximate surface area is 147 Å². The molecule has 6 heteroatoms. The fraction of sp³-hybridized carbons (Fsp3) is 0.474. The molecular formula is C19H26N2O4. The lowest BCUT2D eigenvalue weighted by Gasteiger charge is -2.12. The summed E-state index contributed by atoms with van der Waals surface area (Å²) in [5, 5.41) is 9.66. The largest absolute Gasteiger partial charge is 0.481 e. The number of likely N-dealkylation sites (N-methyl/N-ethyl adjacent to an activating group) is 1. The Morgan fingerprint density at radius 1 is 1.24 bits per heavy atom. The van der Waals surface area contributed by atoms with Crippen LogP contribution in [0, 0.1) is 0 Å². The molecule has 0 unspecified atom stereocenters. The van der Waals surface area contributed by atoms with Gasteiger partial charge in [-0.25, -0.2) is 0 Å². The van der Waals surface area contributed by atoms with Crippen LogP contribution in [0.1, 0.15) is 38.2 Å². The molecule has 2 aromatic rings. The van der Waals surface area contributed by atoms with Gasteiger partial charge in [-0.15, -0.1) is 0 Å². The second-order valence-electron chi connectivity index (χ2n) is 6.24. The highest BCUT2D eigenvalue weighted by molar-refractivity contribution is 5.85. The highest BCUT2D eigenvalue weighted by Crippen LogP contribution is 2.24. The van der Waals surface area contributed by atoms with E-state index in [4.69, 9.17) is 9.84 Å². The molecule has 0 spiro atoms. The molecule has 0 bridgehead atoms. The Morgan fingerprint density at radius 2 is 2.00 bits per heavy atom. The van der Waals surface area contributed by atoms with Gasteiger partial charge in [0.25, 0.3) is 0 Å². The van der Waals surface area contributed by atoms with E-state index in [0.717, 1.165) is 30.4 Å². The van der Waals surface area contributed by atoms with E-state index in [1.807, 2.05) is 18.3 Å². The highest BCUT2D eigenvalue weighted by atomic mass is 16.5. The smallest absolute Gasteiger partial charge is 0.311 e. The summed E-state index contributed by atoms with van der Waals surface area (Å²) in [6.45, 7) is 4.10. The number of esters is 1. The van der Waals surface area contributed by atoms with Gasteiger partial charge in [0.2, 0.25) is 0 Å². The Morgan fingerprint density at radius 3 is 2.72 bits per heavy atom. The van der Waals surface area contributed by atoms with Crippen LogP contribution in [0.25, 0.3) is 10.9 Å². The Kier molecular flexibility index (Phi) is 7.01. The minimum absolute atomic E-state index is 0.0815. The van der Waals surface area contributed by atoms with Crippen LogP contribution in [0.4, 0.5) is 0 Å². The second kappa shape index (κ2) is 9.22. The van der Waals surface area contributed by atoms with Crippen LogP contribution in [0.5, 0.6) is 5.75 Å². The molecule has 0 radical (unpaired) electrons. The molecule has 25 heavy (non-hydrogen) atoms. The quantitative estimate of drug-likeness (QED) is 0.392. The van der Waals surface area contributed by atoms with E-state index < -0.39 is 5.97 Å². The summed E-state index contributed by atoms with van der Waals surface area (Å²) in [4.78, 5) is 27.8. The summed E-state index contributed by atoms with van der Waals surface area (Å²) >= 11 is 0. The lowest BCUT2D eigenvalue weighted by molar-refractivity contribution is -0.138. The summed E-state index contributed by atoms with van der Waals surface area (Å²) in [6, 6.07) is 5.58. The summed E-state index contributed by atoms with van der Waals surface area (Å²) in [7, 11) is 2.09. The predicted octanol–water partition coefficient (Wildman–Crippen LogP) is 3.21. The molecular weight excluding hydrogens is 320 g/mol. The number of aliphatic carboxylic acids is 1. The Bertz CT molecular complexity index is 723. The van der Waals surface area contributed by atoms with Gasteiger partial charge < -0.3 is 19.7 Å². The zero-order valence-electron chi connectivity index (χ0n) is 14.9. The van der Waals surface area contributed by atoms with Crippen LogP contribution in [0.15, 0.2) is 24.4 Å². The van der Waals surface area contributed by atoms with Crippen LogP contribution in [0.3, 0.4) is 0 Å². The molecule has 0 saturated carbocycles. The van der Waals surface area contributed by atoms with Crippen molar-refractivity contribution in [2.45, 2.75) is 39.0 Å². The third-order valence-corrected chi connectivity index (χ3v) is 4.29.